The molecule has 0 atom stereocenters. The number of carbonyl (C=O) groups is 1. The maximum atomic E-state index is 12.3. The van der Waals surface area contributed by atoms with E-state index in [1.54, 1.807) is 12.4 Å². The van der Waals surface area contributed by atoms with E-state index in [0.29, 0.717) is 6.42 Å². The largest absolute Gasteiger partial charge is 0.325 e. The molecular weight excluding hydrogens is 318 g/mol. The number of benzene rings is 1. The van der Waals surface area contributed by atoms with Crippen molar-refractivity contribution in [2.24, 2.45) is 0 Å². The van der Waals surface area contributed by atoms with Crippen molar-refractivity contribution in [3.05, 3.63) is 42.7 Å². The van der Waals surface area contributed by atoms with Gasteiger partial charge in [-0.2, -0.15) is 11.8 Å². The van der Waals surface area contributed by atoms with E-state index in [1.165, 1.54) is 6.42 Å². The molecule has 24 heavy (non-hydrogen) atoms. The molecule has 124 valence electrons. The number of carbonyl (C=O) groups excluding carboxylic acids is 1. The first-order valence-corrected chi connectivity index (χ1v) is 9.60. The highest BCUT2D eigenvalue weighted by atomic mass is 32.2. The van der Waals surface area contributed by atoms with E-state index in [9.17, 15) is 4.79 Å². The third-order valence-corrected chi connectivity index (χ3v) is 4.68. The molecule has 2 heterocycles. The van der Waals surface area contributed by atoms with Gasteiger partial charge in [0, 0.05) is 29.6 Å². The normalized spacial score (nSPS) is 11.0. The maximum absolute atomic E-state index is 12.3. The third kappa shape index (κ3) is 3.85. The summed E-state index contributed by atoms with van der Waals surface area (Å²) in [4.78, 5) is 21.2. The molecule has 1 N–H and O–H groups in total. The van der Waals surface area contributed by atoms with Crippen LogP contribution in [-0.2, 0) is 4.79 Å². The minimum atomic E-state index is 0.0625. The standard InChI is InChI=1S/C19H21N3OS/c1-24-12-4-2-3-9-17(23)22-16-13-14-7-5-10-20-18(14)19-15(16)8-6-11-21-19/h5-8,10-11,13H,2-4,9,12H2,1H3,(H,22,23). The van der Waals surface area contributed by atoms with Crippen molar-refractivity contribution in [3.8, 4) is 0 Å². The lowest BCUT2D eigenvalue weighted by Crippen LogP contribution is -2.11. The van der Waals surface area contributed by atoms with Crippen LogP contribution in [0.25, 0.3) is 21.8 Å². The van der Waals surface area contributed by atoms with Crippen LogP contribution in [0.15, 0.2) is 42.7 Å². The smallest absolute Gasteiger partial charge is 0.224 e. The minimum Gasteiger partial charge on any atom is -0.325 e. The second kappa shape index (κ2) is 8.11. The second-order valence-electron chi connectivity index (χ2n) is 5.75. The van der Waals surface area contributed by atoms with Crippen LogP contribution in [-0.4, -0.2) is 27.9 Å². The number of hydrogen-bond acceptors (Lipinski definition) is 4. The lowest BCUT2D eigenvalue weighted by Gasteiger charge is -2.10. The van der Waals surface area contributed by atoms with Gasteiger partial charge in [-0.25, -0.2) is 0 Å². The highest BCUT2D eigenvalue weighted by Gasteiger charge is 2.10. The average molecular weight is 339 g/mol. The Morgan fingerprint density at radius 2 is 1.88 bits per heavy atom. The Balaban J connectivity index is 1.79. The van der Waals surface area contributed by atoms with Gasteiger partial charge in [0.25, 0.3) is 0 Å². The molecule has 3 aromatic rings. The van der Waals surface area contributed by atoms with Gasteiger partial charge < -0.3 is 5.32 Å². The molecule has 0 unspecified atom stereocenters. The number of fused-ring (bicyclic) bond motifs is 3. The van der Waals surface area contributed by atoms with Crippen LogP contribution in [0.2, 0.25) is 0 Å². The highest BCUT2D eigenvalue weighted by molar-refractivity contribution is 7.98. The molecule has 0 aliphatic carbocycles. The Morgan fingerprint density at radius 3 is 2.71 bits per heavy atom. The van der Waals surface area contributed by atoms with Gasteiger partial charge in [0.2, 0.25) is 5.91 Å². The van der Waals surface area contributed by atoms with E-state index >= 15 is 0 Å². The van der Waals surface area contributed by atoms with Crippen molar-refractivity contribution in [2.75, 3.05) is 17.3 Å². The van der Waals surface area contributed by atoms with E-state index in [1.807, 2.05) is 42.1 Å². The second-order valence-corrected chi connectivity index (χ2v) is 6.74. The fraction of sp³-hybridized carbons (Fsp3) is 0.316. The molecule has 0 aliphatic rings. The van der Waals surface area contributed by atoms with Crippen LogP contribution in [0, 0.1) is 0 Å². The van der Waals surface area contributed by atoms with Crippen molar-refractivity contribution < 1.29 is 4.79 Å². The molecule has 0 aliphatic heterocycles. The molecule has 1 aromatic carbocycles. The first kappa shape index (κ1) is 16.7. The SMILES string of the molecule is CSCCCCCC(=O)Nc1cc2cccnc2c2ncccc12. The number of hydrogen-bond donors (Lipinski definition) is 1. The number of aromatic nitrogens is 2. The molecule has 5 heteroatoms. The van der Waals surface area contributed by atoms with Gasteiger partial charge in [0.1, 0.15) is 0 Å². The summed E-state index contributed by atoms with van der Waals surface area (Å²) in [5.74, 6) is 1.22. The maximum Gasteiger partial charge on any atom is 0.224 e. The minimum absolute atomic E-state index is 0.0625. The quantitative estimate of drug-likeness (QED) is 0.503. The van der Waals surface area contributed by atoms with Gasteiger partial charge in [0.15, 0.2) is 0 Å². The van der Waals surface area contributed by atoms with E-state index in [4.69, 9.17) is 0 Å². The summed E-state index contributed by atoms with van der Waals surface area (Å²) in [5, 5.41) is 4.97. The lowest BCUT2D eigenvalue weighted by molar-refractivity contribution is -0.116. The van der Waals surface area contributed by atoms with Crippen LogP contribution in [0.1, 0.15) is 25.7 Å². The lowest BCUT2D eigenvalue weighted by atomic mass is 10.1. The van der Waals surface area contributed by atoms with Crippen LogP contribution in [0.3, 0.4) is 0 Å². The van der Waals surface area contributed by atoms with Crippen molar-refractivity contribution in [3.63, 3.8) is 0 Å². The van der Waals surface area contributed by atoms with Crippen LogP contribution < -0.4 is 5.32 Å². The van der Waals surface area contributed by atoms with Gasteiger partial charge >= 0.3 is 0 Å². The number of thioether (sulfide) groups is 1. The number of amides is 1. The van der Waals surface area contributed by atoms with Gasteiger partial charge in [-0.3, -0.25) is 14.8 Å². The summed E-state index contributed by atoms with van der Waals surface area (Å²) < 4.78 is 0. The van der Waals surface area contributed by atoms with E-state index in [2.05, 4.69) is 21.5 Å². The predicted octanol–water partition coefficient (Wildman–Crippen LogP) is 4.64. The molecule has 3 rings (SSSR count). The van der Waals surface area contributed by atoms with Gasteiger partial charge in [-0.15, -0.1) is 0 Å². The Bertz CT molecular complexity index is 850. The van der Waals surface area contributed by atoms with Gasteiger partial charge in [-0.1, -0.05) is 12.5 Å². The zero-order chi connectivity index (χ0) is 16.8. The molecule has 4 nitrogen and oxygen atoms in total. The zero-order valence-electron chi connectivity index (χ0n) is 13.8. The Hall–Kier alpha value is -2.14. The molecule has 0 saturated heterocycles. The first-order chi connectivity index (χ1) is 11.8. The molecule has 0 bridgehead atoms. The number of unbranched alkanes of at least 4 members (excludes halogenated alkanes) is 2. The summed E-state index contributed by atoms with van der Waals surface area (Å²) >= 11 is 1.85. The summed E-state index contributed by atoms with van der Waals surface area (Å²) in [6.45, 7) is 0. The molecule has 0 saturated carbocycles. The molecular formula is C19H21N3OS. The van der Waals surface area contributed by atoms with Crippen molar-refractivity contribution in [1.29, 1.82) is 0 Å². The Kier molecular flexibility index (Phi) is 5.64. The summed E-state index contributed by atoms with van der Waals surface area (Å²) in [5.41, 5.74) is 2.50. The van der Waals surface area contributed by atoms with E-state index in [0.717, 1.165) is 46.1 Å². The summed E-state index contributed by atoms with van der Waals surface area (Å²) in [6, 6.07) is 9.74. The summed E-state index contributed by atoms with van der Waals surface area (Å²) in [7, 11) is 0. The Morgan fingerprint density at radius 1 is 1.08 bits per heavy atom. The molecule has 2 aromatic heterocycles. The Labute approximate surface area is 146 Å². The zero-order valence-corrected chi connectivity index (χ0v) is 14.6. The number of nitrogens with one attached hydrogen (secondary N) is 1. The molecule has 0 radical (unpaired) electrons. The van der Waals surface area contributed by atoms with E-state index in [-0.39, 0.29) is 5.91 Å². The molecule has 1 amide bonds. The third-order valence-electron chi connectivity index (χ3n) is 3.99. The van der Waals surface area contributed by atoms with Crippen molar-refractivity contribution in [1.82, 2.24) is 9.97 Å². The molecule has 0 spiro atoms. The van der Waals surface area contributed by atoms with Gasteiger partial charge in [0.05, 0.1) is 16.7 Å². The van der Waals surface area contributed by atoms with Crippen LogP contribution in [0.4, 0.5) is 5.69 Å². The summed E-state index contributed by atoms with van der Waals surface area (Å²) in [6.07, 6.45) is 9.39. The monoisotopic (exact) mass is 339 g/mol. The number of anilines is 1. The number of pyridine rings is 2. The van der Waals surface area contributed by atoms with Crippen molar-refractivity contribution in [2.45, 2.75) is 25.7 Å². The molecule has 0 fully saturated rings. The van der Waals surface area contributed by atoms with Gasteiger partial charge in [-0.05, 0) is 49.1 Å². The number of rotatable bonds is 7. The predicted molar refractivity (Wildman–Crippen MR) is 103 cm³/mol. The highest BCUT2D eigenvalue weighted by Crippen LogP contribution is 2.29. The number of nitrogens with zero attached hydrogens (tertiary/aromatic N) is 2. The topological polar surface area (TPSA) is 54.9 Å². The fourth-order valence-corrected chi connectivity index (χ4v) is 3.29. The van der Waals surface area contributed by atoms with Crippen LogP contribution >= 0.6 is 11.8 Å². The average Bonchev–Trinajstić information content (AvgIpc) is 2.62. The van der Waals surface area contributed by atoms with Crippen molar-refractivity contribution >= 4 is 45.2 Å². The van der Waals surface area contributed by atoms with E-state index < -0.39 is 0 Å². The van der Waals surface area contributed by atoms with Crippen LogP contribution in [0.5, 0.6) is 0 Å². The fourth-order valence-electron chi connectivity index (χ4n) is 2.80. The first-order valence-electron chi connectivity index (χ1n) is 8.21.